The Kier molecular flexibility index (Phi) is 4.06. The maximum atomic E-state index is 6.14. The lowest BCUT2D eigenvalue weighted by atomic mass is 10.1. The van der Waals surface area contributed by atoms with Crippen molar-refractivity contribution in [3.63, 3.8) is 0 Å². The van der Waals surface area contributed by atoms with Crippen LogP contribution in [0.2, 0.25) is 5.02 Å². The third-order valence-electron chi connectivity index (χ3n) is 2.40. The van der Waals surface area contributed by atoms with Gasteiger partial charge in [-0.3, -0.25) is 0 Å². The van der Waals surface area contributed by atoms with Gasteiger partial charge in [0.1, 0.15) is 0 Å². The standard InChI is InChI=1S/C13H12BrClS/c1-2-13-12(15)8-11(16-13)7-9-4-3-5-10(14)6-9/h3-6,8H,2,7H2,1H3. The molecule has 0 saturated carbocycles. The molecule has 0 aliphatic rings. The van der Waals surface area contributed by atoms with E-state index < -0.39 is 0 Å². The average molecular weight is 316 g/mol. The Bertz CT molecular complexity index is 490. The highest BCUT2D eigenvalue weighted by molar-refractivity contribution is 9.10. The molecule has 0 bridgehead atoms. The van der Waals surface area contributed by atoms with Crippen molar-refractivity contribution in [3.8, 4) is 0 Å². The molecule has 84 valence electrons. The minimum atomic E-state index is 0.914. The van der Waals surface area contributed by atoms with Crippen molar-refractivity contribution >= 4 is 38.9 Å². The van der Waals surface area contributed by atoms with Crippen LogP contribution in [0.5, 0.6) is 0 Å². The minimum Gasteiger partial charge on any atom is -0.143 e. The zero-order valence-electron chi connectivity index (χ0n) is 8.97. The van der Waals surface area contributed by atoms with E-state index in [1.807, 2.05) is 17.4 Å². The molecule has 0 unspecified atom stereocenters. The van der Waals surface area contributed by atoms with Crippen molar-refractivity contribution in [1.29, 1.82) is 0 Å². The van der Waals surface area contributed by atoms with E-state index in [1.165, 1.54) is 15.3 Å². The van der Waals surface area contributed by atoms with Crippen molar-refractivity contribution in [1.82, 2.24) is 0 Å². The molecule has 0 spiro atoms. The monoisotopic (exact) mass is 314 g/mol. The Balaban J connectivity index is 2.20. The predicted octanol–water partition coefficient (Wildman–Crippen LogP) is 5.32. The van der Waals surface area contributed by atoms with Crippen LogP contribution in [0.4, 0.5) is 0 Å². The second kappa shape index (κ2) is 5.35. The van der Waals surface area contributed by atoms with Crippen molar-refractivity contribution in [2.24, 2.45) is 0 Å². The molecule has 16 heavy (non-hydrogen) atoms. The molecule has 1 heterocycles. The van der Waals surface area contributed by atoms with Gasteiger partial charge >= 0.3 is 0 Å². The molecule has 0 amide bonds. The Morgan fingerprint density at radius 1 is 1.31 bits per heavy atom. The van der Waals surface area contributed by atoms with Crippen LogP contribution < -0.4 is 0 Å². The zero-order chi connectivity index (χ0) is 11.5. The van der Waals surface area contributed by atoms with E-state index in [0.717, 1.165) is 22.3 Å². The van der Waals surface area contributed by atoms with Gasteiger partial charge in [-0.2, -0.15) is 0 Å². The number of aryl methyl sites for hydroxylation is 1. The Morgan fingerprint density at radius 2 is 2.12 bits per heavy atom. The third-order valence-corrected chi connectivity index (χ3v) is 4.62. The molecule has 0 aliphatic carbocycles. The van der Waals surface area contributed by atoms with Gasteiger partial charge in [0.05, 0.1) is 5.02 Å². The molecule has 0 N–H and O–H groups in total. The second-order valence-corrected chi connectivity index (χ2v) is 6.19. The van der Waals surface area contributed by atoms with Crippen LogP contribution in [0.3, 0.4) is 0 Å². The molecule has 1 aromatic heterocycles. The number of benzene rings is 1. The summed E-state index contributed by atoms with van der Waals surface area (Å²) in [5.41, 5.74) is 1.31. The number of thiophene rings is 1. The number of hydrogen-bond acceptors (Lipinski definition) is 1. The van der Waals surface area contributed by atoms with Gasteiger partial charge < -0.3 is 0 Å². The highest BCUT2D eigenvalue weighted by atomic mass is 79.9. The SMILES string of the molecule is CCc1sc(Cc2cccc(Br)c2)cc1Cl. The minimum absolute atomic E-state index is 0.914. The highest BCUT2D eigenvalue weighted by Gasteiger charge is 2.06. The molecular weight excluding hydrogens is 304 g/mol. The van der Waals surface area contributed by atoms with E-state index in [4.69, 9.17) is 11.6 Å². The molecule has 1 aromatic carbocycles. The van der Waals surface area contributed by atoms with Crippen LogP contribution in [-0.4, -0.2) is 0 Å². The first kappa shape index (κ1) is 12.2. The first-order valence-corrected chi connectivity index (χ1v) is 7.19. The molecule has 2 rings (SSSR count). The van der Waals surface area contributed by atoms with Crippen molar-refractivity contribution < 1.29 is 0 Å². The first-order valence-electron chi connectivity index (χ1n) is 5.20. The topological polar surface area (TPSA) is 0 Å². The summed E-state index contributed by atoms with van der Waals surface area (Å²) in [6, 6.07) is 10.5. The predicted molar refractivity (Wildman–Crippen MR) is 75.7 cm³/mol. The summed E-state index contributed by atoms with van der Waals surface area (Å²) < 4.78 is 1.13. The van der Waals surface area contributed by atoms with E-state index in [9.17, 15) is 0 Å². The molecule has 0 fully saturated rings. The van der Waals surface area contributed by atoms with E-state index in [-0.39, 0.29) is 0 Å². The summed E-state index contributed by atoms with van der Waals surface area (Å²) in [5, 5.41) is 0.914. The van der Waals surface area contributed by atoms with Gasteiger partial charge in [0.15, 0.2) is 0 Å². The fraction of sp³-hybridized carbons (Fsp3) is 0.231. The fourth-order valence-electron chi connectivity index (χ4n) is 1.63. The van der Waals surface area contributed by atoms with Crippen LogP contribution >= 0.6 is 38.9 Å². The number of halogens is 2. The Hall–Kier alpha value is -0.310. The van der Waals surface area contributed by atoms with E-state index in [1.54, 1.807) is 0 Å². The van der Waals surface area contributed by atoms with E-state index in [2.05, 4.69) is 47.1 Å². The van der Waals surface area contributed by atoms with Gasteiger partial charge in [-0.15, -0.1) is 11.3 Å². The lowest BCUT2D eigenvalue weighted by molar-refractivity contribution is 1.19. The van der Waals surface area contributed by atoms with Crippen LogP contribution in [0, 0.1) is 0 Å². The second-order valence-electron chi connectivity index (χ2n) is 3.64. The molecule has 0 atom stereocenters. The van der Waals surface area contributed by atoms with E-state index in [0.29, 0.717) is 0 Å². The van der Waals surface area contributed by atoms with Crippen molar-refractivity contribution in [2.75, 3.05) is 0 Å². The van der Waals surface area contributed by atoms with Crippen LogP contribution in [-0.2, 0) is 12.8 Å². The molecule has 0 radical (unpaired) electrons. The molecule has 0 saturated heterocycles. The van der Waals surface area contributed by atoms with Gasteiger partial charge in [-0.25, -0.2) is 0 Å². The van der Waals surface area contributed by atoms with Crippen molar-refractivity contribution in [2.45, 2.75) is 19.8 Å². The normalized spacial score (nSPS) is 10.7. The van der Waals surface area contributed by atoms with Gasteiger partial charge in [-0.1, -0.05) is 46.6 Å². The summed E-state index contributed by atoms with van der Waals surface area (Å²) in [7, 11) is 0. The fourth-order valence-corrected chi connectivity index (χ4v) is 3.56. The van der Waals surface area contributed by atoms with Crippen LogP contribution in [0.15, 0.2) is 34.8 Å². The van der Waals surface area contributed by atoms with Gasteiger partial charge in [0.25, 0.3) is 0 Å². The quantitative estimate of drug-likeness (QED) is 0.719. The summed E-state index contributed by atoms with van der Waals surface area (Å²) >= 11 is 11.4. The average Bonchev–Trinajstić information content (AvgIpc) is 2.58. The van der Waals surface area contributed by atoms with E-state index >= 15 is 0 Å². The van der Waals surface area contributed by atoms with Gasteiger partial charge in [-0.05, 0) is 30.2 Å². The largest absolute Gasteiger partial charge is 0.143 e. The summed E-state index contributed by atoms with van der Waals surface area (Å²) in [5.74, 6) is 0. The van der Waals surface area contributed by atoms with Crippen molar-refractivity contribution in [3.05, 3.63) is 55.1 Å². The lowest BCUT2D eigenvalue weighted by Gasteiger charge is -1.99. The van der Waals surface area contributed by atoms with Gasteiger partial charge in [0.2, 0.25) is 0 Å². The smallest absolute Gasteiger partial charge is 0.0547 e. The first-order chi connectivity index (χ1) is 7.69. The Labute approximate surface area is 113 Å². The molecule has 2 aromatic rings. The molecular formula is C13H12BrClS. The van der Waals surface area contributed by atoms with Gasteiger partial charge in [0, 0.05) is 20.6 Å². The molecule has 3 heteroatoms. The summed E-state index contributed by atoms with van der Waals surface area (Å²) in [4.78, 5) is 2.62. The zero-order valence-corrected chi connectivity index (χ0v) is 12.1. The molecule has 0 aliphatic heterocycles. The third kappa shape index (κ3) is 2.88. The molecule has 0 nitrogen and oxygen atoms in total. The maximum absolute atomic E-state index is 6.14. The lowest BCUT2D eigenvalue weighted by Crippen LogP contribution is -1.83. The summed E-state index contributed by atoms with van der Waals surface area (Å²) in [6.45, 7) is 2.14. The Morgan fingerprint density at radius 3 is 2.75 bits per heavy atom. The number of hydrogen-bond donors (Lipinski definition) is 0. The van der Waals surface area contributed by atoms with Crippen LogP contribution in [0.1, 0.15) is 22.2 Å². The number of rotatable bonds is 3. The van der Waals surface area contributed by atoms with Crippen LogP contribution in [0.25, 0.3) is 0 Å². The highest BCUT2D eigenvalue weighted by Crippen LogP contribution is 2.29. The maximum Gasteiger partial charge on any atom is 0.0547 e. The summed E-state index contributed by atoms with van der Waals surface area (Å²) in [6.07, 6.45) is 1.98.